The highest BCUT2D eigenvalue weighted by Gasteiger charge is 1.85. The largest absolute Gasteiger partial charge is 0.285 e. The number of rotatable bonds is 1. The van der Waals surface area contributed by atoms with E-state index in [4.69, 9.17) is 0 Å². The molecule has 0 amide bonds. The minimum absolute atomic E-state index is 0.604. The summed E-state index contributed by atoms with van der Waals surface area (Å²) in [6.45, 7) is 0. The molecule has 0 spiro atoms. The van der Waals surface area contributed by atoms with E-state index in [1.54, 1.807) is 30.6 Å². The Morgan fingerprint density at radius 3 is 1.28 bits per heavy atom. The first-order valence-corrected chi connectivity index (χ1v) is 5.77. The van der Waals surface area contributed by atoms with Crippen LogP contribution in [-0.2, 0) is 4.79 Å². The summed E-state index contributed by atoms with van der Waals surface area (Å²) in [5.41, 5.74) is 0.604. The summed E-state index contributed by atoms with van der Waals surface area (Å²) in [6, 6.07) is 25.6. The van der Waals surface area contributed by atoms with Crippen LogP contribution in [0.1, 0.15) is 5.56 Å². The molecular formula is C17H13O. The van der Waals surface area contributed by atoms with Crippen molar-refractivity contribution in [2.24, 2.45) is 0 Å². The Bertz CT molecular complexity index is 549. The molecule has 1 heteroatoms. The molecule has 0 atom stereocenters. The molecule has 3 aromatic carbocycles. The highest BCUT2D eigenvalue weighted by Crippen LogP contribution is 2.11. The second kappa shape index (κ2) is 6.36. The predicted octanol–water partition coefficient (Wildman–Crippen LogP) is 3.98. The Kier molecular flexibility index (Phi) is 4.26. The lowest BCUT2D eigenvalue weighted by Gasteiger charge is -1.92. The van der Waals surface area contributed by atoms with Crippen LogP contribution in [0.15, 0.2) is 78.9 Å². The number of benzene rings is 3. The molecule has 0 fully saturated rings. The van der Waals surface area contributed by atoms with Crippen LogP contribution >= 0.6 is 0 Å². The first-order valence-electron chi connectivity index (χ1n) is 5.77. The maximum absolute atomic E-state index is 9.88. The fraction of sp³-hybridized carbons (Fsp3) is 0. The zero-order valence-electron chi connectivity index (χ0n) is 9.91. The fourth-order valence-electron chi connectivity index (χ4n) is 1.64. The SMILES string of the molecule is O=[C]c1ccccc1.c1ccc2ccccc2c1. The van der Waals surface area contributed by atoms with E-state index >= 15 is 0 Å². The van der Waals surface area contributed by atoms with E-state index < -0.39 is 0 Å². The van der Waals surface area contributed by atoms with Gasteiger partial charge < -0.3 is 0 Å². The molecule has 0 bridgehead atoms. The molecule has 0 saturated heterocycles. The van der Waals surface area contributed by atoms with Gasteiger partial charge in [0.1, 0.15) is 0 Å². The summed E-state index contributed by atoms with van der Waals surface area (Å²) in [5.74, 6) is 0. The van der Waals surface area contributed by atoms with Crippen molar-refractivity contribution < 1.29 is 4.79 Å². The second-order valence-electron chi connectivity index (χ2n) is 3.82. The third-order valence-corrected chi connectivity index (χ3v) is 2.55. The minimum Gasteiger partial charge on any atom is -0.285 e. The summed E-state index contributed by atoms with van der Waals surface area (Å²) in [6.07, 6.45) is 1.78. The van der Waals surface area contributed by atoms with Crippen molar-refractivity contribution in [1.29, 1.82) is 0 Å². The van der Waals surface area contributed by atoms with Crippen molar-refractivity contribution in [3.05, 3.63) is 84.4 Å². The lowest BCUT2D eigenvalue weighted by Crippen LogP contribution is -1.73. The molecule has 0 unspecified atom stereocenters. The Labute approximate surface area is 107 Å². The molecule has 0 aromatic heterocycles. The molecule has 0 N–H and O–H groups in total. The maximum atomic E-state index is 9.88. The van der Waals surface area contributed by atoms with Gasteiger partial charge in [-0.1, -0.05) is 78.9 Å². The van der Waals surface area contributed by atoms with Gasteiger partial charge in [-0.15, -0.1) is 0 Å². The Morgan fingerprint density at radius 2 is 0.944 bits per heavy atom. The van der Waals surface area contributed by atoms with Crippen molar-refractivity contribution in [2.45, 2.75) is 0 Å². The molecule has 1 nitrogen and oxygen atoms in total. The molecule has 0 aliphatic rings. The quantitative estimate of drug-likeness (QED) is 0.621. The predicted molar refractivity (Wildman–Crippen MR) is 75.2 cm³/mol. The van der Waals surface area contributed by atoms with Crippen molar-refractivity contribution in [2.75, 3.05) is 0 Å². The molecule has 87 valence electrons. The molecule has 0 saturated carbocycles. The van der Waals surface area contributed by atoms with Gasteiger partial charge in [0.15, 0.2) is 0 Å². The summed E-state index contributed by atoms with van der Waals surface area (Å²) in [7, 11) is 0. The summed E-state index contributed by atoms with van der Waals surface area (Å²) in [5, 5.41) is 2.62. The summed E-state index contributed by atoms with van der Waals surface area (Å²) >= 11 is 0. The molecule has 0 aliphatic carbocycles. The van der Waals surface area contributed by atoms with Crippen molar-refractivity contribution in [3.63, 3.8) is 0 Å². The highest BCUT2D eigenvalue weighted by atomic mass is 16.1. The molecular weight excluding hydrogens is 220 g/mol. The van der Waals surface area contributed by atoms with Crippen LogP contribution in [0.3, 0.4) is 0 Å². The number of fused-ring (bicyclic) bond motifs is 1. The monoisotopic (exact) mass is 233 g/mol. The Balaban J connectivity index is 0.000000138. The van der Waals surface area contributed by atoms with E-state index in [9.17, 15) is 4.79 Å². The van der Waals surface area contributed by atoms with E-state index in [1.807, 2.05) is 6.07 Å². The van der Waals surface area contributed by atoms with Crippen LogP contribution in [-0.4, -0.2) is 6.29 Å². The van der Waals surface area contributed by atoms with E-state index in [2.05, 4.69) is 48.5 Å². The molecule has 3 aromatic rings. The standard InChI is InChI=1S/C10H8.C7H5O/c1-2-6-10-8-4-3-7-9(10)5-1;8-6-7-4-2-1-3-5-7/h1-8H;1-5H. The zero-order valence-corrected chi connectivity index (χ0v) is 9.91. The summed E-state index contributed by atoms with van der Waals surface area (Å²) in [4.78, 5) is 9.88. The van der Waals surface area contributed by atoms with Crippen LogP contribution in [0.4, 0.5) is 0 Å². The first-order chi connectivity index (χ1) is 8.90. The average Bonchev–Trinajstić information content (AvgIpc) is 2.49. The van der Waals surface area contributed by atoms with Gasteiger partial charge in [-0.25, -0.2) is 0 Å². The smallest absolute Gasteiger partial charge is 0.233 e. The van der Waals surface area contributed by atoms with E-state index in [1.165, 1.54) is 10.8 Å². The lowest BCUT2D eigenvalue weighted by atomic mass is 10.1. The van der Waals surface area contributed by atoms with E-state index in [0.717, 1.165) is 0 Å². The van der Waals surface area contributed by atoms with Crippen LogP contribution < -0.4 is 0 Å². The second-order valence-corrected chi connectivity index (χ2v) is 3.82. The van der Waals surface area contributed by atoms with Crippen molar-refractivity contribution in [3.8, 4) is 0 Å². The number of hydrogen-bond acceptors (Lipinski definition) is 1. The van der Waals surface area contributed by atoms with E-state index in [0.29, 0.717) is 5.56 Å². The topological polar surface area (TPSA) is 17.1 Å². The highest BCUT2D eigenvalue weighted by molar-refractivity contribution is 5.82. The number of carbonyl (C=O) groups excluding carboxylic acids is 1. The van der Waals surface area contributed by atoms with Crippen LogP contribution in [0.2, 0.25) is 0 Å². The molecule has 1 radical (unpaired) electrons. The van der Waals surface area contributed by atoms with Gasteiger partial charge in [-0.3, -0.25) is 4.79 Å². The van der Waals surface area contributed by atoms with Gasteiger partial charge in [0.05, 0.1) is 0 Å². The third kappa shape index (κ3) is 3.29. The van der Waals surface area contributed by atoms with Gasteiger partial charge in [-0.05, 0) is 10.8 Å². The Morgan fingerprint density at radius 1 is 0.556 bits per heavy atom. The first kappa shape index (κ1) is 12.1. The lowest BCUT2D eigenvalue weighted by molar-refractivity contribution is 0.563. The van der Waals surface area contributed by atoms with Crippen molar-refractivity contribution in [1.82, 2.24) is 0 Å². The Hall–Kier alpha value is -2.41. The van der Waals surface area contributed by atoms with Gasteiger partial charge in [0, 0.05) is 5.56 Å². The van der Waals surface area contributed by atoms with Gasteiger partial charge in [-0.2, -0.15) is 0 Å². The maximum Gasteiger partial charge on any atom is 0.233 e. The molecule has 0 aliphatic heterocycles. The minimum atomic E-state index is 0.604. The van der Waals surface area contributed by atoms with Crippen LogP contribution in [0.25, 0.3) is 10.8 Å². The van der Waals surface area contributed by atoms with Gasteiger partial charge in [0.2, 0.25) is 6.29 Å². The molecule has 0 heterocycles. The zero-order chi connectivity index (χ0) is 12.6. The summed E-state index contributed by atoms with van der Waals surface area (Å²) < 4.78 is 0. The van der Waals surface area contributed by atoms with Crippen LogP contribution in [0, 0.1) is 0 Å². The third-order valence-electron chi connectivity index (χ3n) is 2.55. The van der Waals surface area contributed by atoms with Gasteiger partial charge in [0.25, 0.3) is 0 Å². The van der Waals surface area contributed by atoms with Crippen LogP contribution in [0.5, 0.6) is 0 Å². The normalized spacial score (nSPS) is 9.33. The number of hydrogen-bond donors (Lipinski definition) is 0. The van der Waals surface area contributed by atoms with Gasteiger partial charge >= 0.3 is 0 Å². The average molecular weight is 233 g/mol. The fourth-order valence-corrected chi connectivity index (χ4v) is 1.64. The van der Waals surface area contributed by atoms with Crippen molar-refractivity contribution >= 4 is 17.1 Å². The molecule has 18 heavy (non-hydrogen) atoms. The molecule has 3 rings (SSSR count). The van der Waals surface area contributed by atoms with E-state index in [-0.39, 0.29) is 0 Å².